The summed E-state index contributed by atoms with van der Waals surface area (Å²) >= 11 is 4.22. The van der Waals surface area contributed by atoms with Crippen LogP contribution in [0.5, 0.6) is 0 Å². The van der Waals surface area contributed by atoms with Crippen LogP contribution in [0, 0.1) is 0 Å². The highest BCUT2D eigenvalue weighted by Gasteiger charge is 2.15. The Balaban J connectivity index is 2.14. The van der Waals surface area contributed by atoms with Gasteiger partial charge in [0.2, 0.25) is 5.91 Å². The van der Waals surface area contributed by atoms with Gasteiger partial charge in [-0.15, -0.1) is 11.3 Å². The summed E-state index contributed by atoms with van der Waals surface area (Å²) in [5, 5.41) is 4.77. The lowest BCUT2D eigenvalue weighted by Crippen LogP contribution is -2.14. The van der Waals surface area contributed by atoms with E-state index in [1.165, 1.54) is 41.8 Å². The van der Waals surface area contributed by atoms with Gasteiger partial charge in [0.1, 0.15) is 0 Å². The van der Waals surface area contributed by atoms with E-state index in [9.17, 15) is 13.2 Å². The van der Waals surface area contributed by atoms with Crippen molar-refractivity contribution >= 4 is 54.0 Å². The van der Waals surface area contributed by atoms with E-state index in [2.05, 4.69) is 31.0 Å². The summed E-state index contributed by atoms with van der Waals surface area (Å²) in [5.74, 6) is -0.207. The van der Waals surface area contributed by atoms with Crippen molar-refractivity contribution in [3.8, 4) is 0 Å². The highest BCUT2D eigenvalue weighted by atomic mass is 79.9. The number of nitrogens with zero attached hydrogens (tertiary/aromatic N) is 1. The molecule has 0 aliphatic rings. The molecule has 9 heteroatoms. The number of thiazole rings is 1. The number of benzene rings is 1. The van der Waals surface area contributed by atoms with Crippen molar-refractivity contribution < 1.29 is 13.2 Å². The minimum atomic E-state index is -3.66. The maximum Gasteiger partial charge on any atom is 0.263 e. The van der Waals surface area contributed by atoms with Crippen molar-refractivity contribution in [2.45, 2.75) is 4.90 Å². The summed E-state index contributed by atoms with van der Waals surface area (Å²) in [6, 6.07) is 5.88. The molecule has 106 valence electrons. The molecule has 0 bridgehead atoms. The fourth-order valence-electron chi connectivity index (χ4n) is 1.36. The molecule has 0 saturated carbocycles. The van der Waals surface area contributed by atoms with Crippen molar-refractivity contribution in [2.75, 3.05) is 15.4 Å². The number of nitrogens with one attached hydrogen (secondary N) is 2. The van der Waals surface area contributed by atoms with E-state index in [4.69, 9.17) is 0 Å². The first-order valence-electron chi connectivity index (χ1n) is 5.39. The molecule has 0 radical (unpaired) electrons. The molecule has 0 fully saturated rings. The van der Waals surface area contributed by atoms with E-state index in [0.29, 0.717) is 10.8 Å². The summed E-state index contributed by atoms with van der Waals surface area (Å²) in [7, 11) is -3.66. The average Bonchev–Trinajstić information content (AvgIpc) is 2.91. The first-order chi connectivity index (χ1) is 9.51. The fourth-order valence-corrected chi connectivity index (χ4v) is 3.29. The highest BCUT2D eigenvalue weighted by molar-refractivity contribution is 9.09. The Kier molecular flexibility index (Phi) is 4.73. The van der Waals surface area contributed by atoms with Crippen LogP contribution in [0.1, 0.15) is 0 Å². The number of halogens is 1. The van der Waals surface area contributed by atoms with Gasteiger partial charge in [-0.05, 0) is 24.3 Å². The van der Waals surface area contributed by atoms with Gasteiger partial charge < -0.3 is 5.32 Å². The van der Waals surface area contributed by atoms with Crippen LogP contribution in [0.4, 0.5) is 10.8 Å². The van der Waals surface area contributed by atoms with Gasteiger partial charge in [0, 0.05) is 17.3 Å². The third-order valence-corrected chi connectivity index (χ3v) is 4.91. The number of hydrogen-bond donors (Lipinski definition) is 2. The lowest BCUT2D eigenvalue weighted by molar-refractivity contribution is -0.113. The van der Waals surface area contributed by atoms with Crippen LogP contribution >= 0.6 is 27.3 Å². The minimum Gasteiger partial charge on any atom is -0.325 e. The Morgan fingerprint density at radius 1 is 1.30 bits per heavy atom. The third-order valence-electron chi connectivity index (χ3n) is 2.22. The van der Waals surface area contributed by atoms with Gasteiger partial charge in [-0.2, -0.15) is 0 Å². The van der Waals surface area contributed by atoms with Gasteiger partial charge in [-0.3, -0.25) is 9.52 Å². The van der Waals surface area contributed by atoms with Gasteiger partial charge in [0.15, 0.2) is 5.13 Å². The van der Waals surface area contributed by atoms with Crippen molar-refractivity contribution in [3.63, 3.8) is 0 Å². The van der Waals surface area contributed by atoms with Crippen LogP contribution in [-0.2, 0) is 14.8 Å². The fraction of sp³-hybridized carbons (Fsp3) is 0.0909. The van der Waals surface area contributed by atoms with Gasteiger partial charge in [-0.1, -0.05) is 15.9 Å². The van der Waals surface area contributed by atoms with E-state index >= 15 is 0 Å². The molecule has 1 aromatic carbocycles. The van der Waals surface area contributed by atoms with Crippen LogP contribution < -0.4 is 10.0 Å². The summed E-state index contributed by atoms with van der Waals surface area (Å²) in [5.41, 5.74) is 0.530. The zero-order valence-electron chi connectivity index (χ0n) is 10.0. The van der Waals surface area contributed by atoms with Crippen LogP contribution in [-0.4, -0.2) is 24.6 Å². The maximum atomic E-state index is 12.0. The average molecular weight is 376 g/mol. The van der Waals surface area contributed by atoms with E-state index in [1.54, 1.807) is 5.38 Å². The van der Waals surface area contributed by atoms with E-state index in [1.807, 2.05) is 0 Å². The largest absolute Gasteiger partial charge is 0.325 e. The van der Waals surface area contributed by atoms with Crippen LogP contribution in [0.2, 0.25) is 0 Å². The summed E-state index contributed by atoms with van der Waals surface area (Å²) < 4.78 is 26.5. The number of aromatic nitrogens is 1. The van der Waals surface area contributed by atoms with Crippen molar-refractivity contribution in [1.29, 1.82) is 0 Å². The standard InChI is InChI=1S/C11H10BrN3O3S2/c12-7-10(16)14-8-1-3-9(4-2-8)20(17,18)15-11-13-5-6-19-11/h1-6H,7H2,(H,13,15)(H,14,16). The number of sulfonamides is 1. The molecule has 2 rings (SSSR count). The Labute approximate surface area is 128 Å². The highest BCUT2D eigenvalue weighted by Crippen LogP contribution is 2.19. The van der Waals surface area contributed by atoms with Gasteiger partial charge in [-0.25, -0.2) is 13.4 Å². The van der Waals surface area contributed by atoms with E-state index in [0.717, 1.165) is 0 Å². The second kappa shape index (κ2) is 6.33. The quantitative estimate of drug-likeness (QED) is 0.784. The second-order valence-electron chi connectivity index (χ2n) is 3.65. The van der Waals surface area contributed by atoms with Gasteiger partial charge in [0.25, 0.3) is 10.0 Å². The summed E-state index contributed by atoms with van der Waals surface area (Å²) in [6.07, 6.45) is 1.52. The Morgan fingerprint density at radius 3 is 2.55 bits per heavy atom. The lowest BCUT2D eigenvalue weighted by Gasteiger charge is -2.07. The molecule has 1 amide bonds. The molecule has 0 unspecified atom stereocenters. The summed E-state index contributed by atoms with van der Waals surface area (Å²) in [6.45, 7) is 0. The van der Waals surface area contributed by atoms with Gasteiger partial charge >= 0.3 is 0 Å². The predicted molar refractivity (Wildman–Crippen MR) is 81.8 cm³/mol. The predicted octanol–water partition coefficient (Wildman–Crippen LogP) is 2.28. The van der Waals surface area contributed by atoms with Crippen LogP contribution in [0.25, 0.3) is 0 Å². The number of hydrogen-bond acceptors (Lipinski definition) is 5. The SMILES string of the molecule is O=C(CBr)Nc1ccc(S(=O)(=O)Nc2nccs2)cc1. The molecule has 0 spiro atoms. The molecule has 0 saturated heterocycles. The van der Waals surface area contributed by atoms with E-state index < -0.39 is 10.0 Å². The molecule has 2 aromatic rings. The zero-order chi connectivity index (χ0) is 14.6. The molecule has 2 N–H and O–H groups in total. The molecule has 1 heterocycles. The monoisotopic (exact) mass is 375 g/mol. The number of alkyl halides is 1. The number of carbonyl (C=O) groups is 1. The molecule has 1 aromatic heterocycles. The first kappa shape index (κ1) is 14.9. The van der Waals surface area contributed by atoms with Crippen molar-refractivity contribution in [3.05, 3.63) is 35.8 Å². The van der Waals surface area contributed by atoms with Crippen molar-refractivity contribution in [1.82, 2.24) is 4.98 Å². The normalized spacial score (nSPS) is 11.1. The van der Waals surface area contributed by atoms with Crippen LogP contribution in [0.3, 0.4) is 0 Å². The third kappa shape index (κ3) is 3.78. The smallest absolute Gasteiger partial charge is 0.263 e. The van der Waals surface area contributed by atoms with E-state index in [-0.39, 0.29) is 16.1 Å². The van der Waals surface area contributed by atoms with Crippen LogP contribution in [0.15, 0.2) is 40.7 Å². The minimum absolute atomic E-state index is 0.101. The maximum absolute atomic E-state index is 12.0. The number of anilines is 2. The number of amides is 1. The first-order valence-corrected chi connectivity index (χ1v) is 8.88. The van der Waals surface area contributed by atoms with Gasteiger partial charge in [0.05, 0.1) is 10.2 Å². The second-order valence-corrected chi connectivity index (χ2v) is 6.79. The number of rotatable bonds is 5. The Bertz CT molecular complexity index is 684. The molecule has 0 aliphatic carbocycles. The zero-order valence-corrected chi connectivity index (χ0v) is 13.3. The molecule has 6 nitrogen and oxygen atoms in total. The molecular formula is C11H10BrN3O3S2. The Morgan fingerprint density at radius 2 is 2.00 bits per heavy atom. The molecule has 20 heavy (non-hydrogen) atoms. The number of carbonyl (C=O) groups excluding carboxylic acids is 1. The molecule has 0 atom stereocenters. The molecule has 0 aliphatic heterocycles. The molecular weight excluding hydrogens is 366 g/mol. The lowest BCUT2D eigenvalue weighted by atomic mass is 10.3. The topological polar surface area (TPSA) is 88.2 Å². The Hall–Kier alpha value is -1.45. The van der Waals surface area contributed by atoms with Crippen molar-refractivity contribution in [2.24, 2.45) is 0 Å². The summed E-state index contributed by atoms with van der Waals surface area (Å²) in [4.78, 5) is 15.1.